The van der Waals surface area contributed by atoms with Gasteiger partial charge in [0, 0.05) is 12.0 Å². The van der Waals surface area contributed by atoms with Crippen molar-refractivity contribution in [2.45, 2.75) is 60.8 Å². The second-order valence-electron chi connectivity index (χ2n) is 8.02. The molecule has 3 aromatic rings. The number of rotatable bonds is 7. The lowest BCUT2D eigenvalue weighted by Gasteiger charge is -2.10. The van der Waals surface area contributed by atoms with Gasteiger partial charge in [-0.05, 0) is 91.8 Å². The summed E-state index contributed by atoms with van der Waals surface area (Å²) in [4.78, 5) is 12.4. The predicted molar refractivity (Wildman–Crippen MR) is 115 cm³/mol. The summed E-state index contributed by atoms with van der Waals surface area (Å²) in [6, 6.07) is 4.15. The van der Waals surface area contributed by atoms with E-state index in [1.807, 2.05) is 0 Å². The van der Waals surface area contributed by atoms with E-state index in [2.05, 4.69) is 62.3 Å². The van der Waals surface area contributed by atoms with Crippen LogP contribution in [-0.4, -0.2) is 16.0 Å². The van der Waals surface area contributed by atoms with Gasteiger partial charge in [0.25, 0.3) is 5.89 Å². The van der Waals surface area contributed by atoms with Gasteiger partial charge in [0.2, 0.25) is 5.89 Å². The van der Waals surface area contributed by atoms with Gasteiger partial charge in [0.15, 0.2) is 0 Å². The Bertz CT molecular complexity index is 975. The number of hydrogen-bond donors (Lipinski definition) is 0. The largest absolute Gasteiger partial charge is 0.415 e. The molecule has 0 N–H and O–H groups in total. The average molecular weight is 397 g/mol. The molecule has 2 aromatic heterocycles. The fraction of sp³-hybridized carbons (Fsp3) is 0.435. The lowest BCUT2D eigenvalue weighted by Crippen LogP contribution is -1.99. The van der Waals surface area contributed by atoms with Gasteiger partial charge in [-0.1, -0.05) is 13.8 Å². The number of carbonyl (C=O) groups excluding carboxylic acids is 1. The van der Waals surface area contributed by atoms with E-state index in [1.54, 1.807) is 18.3 Å². The lowest BCUT2D eigenvalue weighted by molar-refractivity contribution is -0.116. The third kappa shape index (κ3) is 4.41. The van der Waals surface area contributed by atoms with E-state index in [9.17, 15) is 4.79 Å². The standard InChI is InChI=1S/C23H28N2O2S/c1-13(2)9-19-12-28-21(17(19)6)23-25-24-22(27-23)18-10-14(3)20(15(4)11-18)8-7-16(5)26/h10-13H,7-9H2,1-6H3. The average Bonchev–Trinajstić information content (AvgIpc) is 3.21. The van der Waals surface area contributed by atoms with Crippen molar-refractivity contribution in [3.05, 3.63) is 45.3 Å². The number of nitrogens with zero attached hydrogens (tertiary/aromatic N) is 2. The van der Waals surface area contributed by atoms with Crippen LogP contribution in [0.3, 0.4) is 0 Å². The highest BCUT2D eigenvalue weighted by molar-refractivity contribution is 7.13. The molecule has 0 aliphatic heterocycles. The molecular formula is C23H28N2O2S. The van der Waals surface area contributed by atoms with E-state index in [0.717, 1.165) is 34.4 Å². The molecule has 0 saturated carbocycles. The highest BCUT2D eigenvalue weighted by Crippen LogP contribution is 2.34. The predicted octanol–water partition coefficient (Wildman–Crippen LogP) is 6.11. The van der Waals surface area contributed by atoms with Crippen LogP contribution in [0.4, 0.5) is 0 Å². The van der Waals surface area contributed by atoms with Crippen molar-refractivity contribution in [3.8, 4) is 22.2 Å². The molecule has 0 amide bonds. The van der Waals surface area contributed by atoms with E-state index in [4.69, 9.17) is 4.42 Å². The topological polar surface area (TPSA) is 56.0 Å². The molecular weight excluding hydrogens is 368 g/mol. The number of thiophene rings is 1. The van der Waals surface area contributed by atoms with Crippen LogP contribution in [0.5, 0.6) is 0 Å². The molecule has 1 aromatic carbocycles. The Morgan fingerprint density at radius 3 is 2.36 bits per heavy atom. The van der Waals surface area contributed by atoms with Gasteiger partial charge in [0.05, 0.1) is 4.88 Å². The van der Waals surface area contributed by atoms with Gasteiger partial charge in [-0.2, -0.15) is 0 Å². The molecule has 3 rings (SSSR count). The fourth-order valence-electron chi connectivity index (χ4n) is 3.55. The monoisotopic (exact) mass is 396 g/mol. The first-order chi connectivity index (χ1) is 13.3. The van der Waals surface area contributed by atoms with E-state index < -0.39 is 0 Å². The second-order valence-corrected chi connectivity index (χ2v) is 8.90. The van der Waals surface area contributed by atoms with Crippen LogP contribution in [0.15, 0.2) is 21.9 Å². The summed E-state index contributed by atoms with van der Waals surface area (Å²) in [6.07, 6.45) is 2.40. The molecule has 148 valence electrons. The van der Waals surface area contributed by atoms with Crippen molar-refractivity contribution >= 4 is 17.1 Å². The number of ketones is 1. The Labute approximate surface area is 171 Å². The van der Waals surface area contributed by atoms with Gasteiger partial charge in [-0.15, -0.1) is 21.5 Å². The van der Waals surface area contributed by atoms with Crippen molar-refractivity contribution in [1.82, 2.24) is 10.2 Å². The molecule has 0 saturated heterocycles. The SMILES string of the molecule is CC(=O)CCc1c(C)cc(-c2nnc(-c3scc(CC(C)C)c3C)o2)cc1C. The summed E-state index contributed by atoms with van der Waals surface area (Å²) in [5, 5.41) is 10.8. The number of aryl methyl sites for hydroxylation is 2. The molecule has 0 aliphatic carbocycles. The molecule has 0 bridgehead atoms. The van der Waals surface area contributed by atoms with Crippen molar-refractivity contribution in [2.24, 2.45) is 5.92 Å². The minimum atomic E-state index is 0.215. The molecule has 0 spiro atoms. The van der Waals surface area contributed by atoms with E-state index in [1.165, 1.54) is 16.7 Å². The van der Waals surface area contributed by atoms with Crippen LogP contribution in [-0.2, 0) is 17.6 Å². The van der Waals surface area contributed by atoms with Crippen LogP contribution in [0.25, 0.3) is 22.2 Å². The zero-order valence-corrected chi connectivity index (χ0v) is 18.4. The summed E-state index contributed by atoms with van der Waals surface area (Å²) < 4.78 is 6.04. The van der Waals surface area contributed by atoms with Gasteiger partial charge >= 0.3 is 0 Å². The quantitative estimate of drug-likeness (QED) is 0.483. The maximum atomic E-state index is 11.3. The summed E-state index contributed by atoms with van der Waals surface area (Å²) in [5.74, 6) is 1.96. The Kier molecular flexibility index (Phi) is 6.14. The Balaban J connectivity index is 1.88. The fourth-order valence-corrected chi connectivity index (χ4v) is 4.57. The third-order valence-corrected chi connectivity index (χ3v) is 6.18. The van der Waals surface area contributed by atoms with Crippen LogP contribution in [0.2, 0.25) is 0 Å². The first-order valence-corrected chi connectivity index (χ1v) is 10.6. The van der Waals surface area contributed by atoms with Crippen LogP contribution < -0.4 is 0 Å². The molecule has 28 heavy (non-hydrogen) atoms. The number of aromatic nitrogens is 2. The smallest absolute Gasteiger partial charge is 0.258 e. The summed E-state index contributed by atoms with van der Waals surface area (Å²) >= 11 is 1.67. The van der Waals surface area contributed by atoms with E-state index in [-0.39, 0.29) is 5.78 Å². The number of hydrogen-bond acceptors (Lipinski definition) is 5. The number of carbonyl (C=O) groups is 1. The molecule has 0 unspecified atom stereocenters. The van der Waals surface area contributed by atoms with Crippen LogP contribution in [0.1, 0.15) is 55.0 Å². The minimum absolute atomic E-state index is 0.215. The third-order valence-electron chi connectivity index (χ3n) is 5.06. The normalized spacial score (nSPS) is 11.4. The van der Waals surface area contributed by atoms with Gasteiger partial charge in [-0.3, -0.25) is 0 Å². The zero-order valence-electron chi connectivity index (χ0n) is 17.5. The van der Waals surface area contributed by atoms with Crippen LogP contribution in [0, 0.1) is 26.7 Å². The number of benzene rings is 1. The van der Waals surface area contributed by atoms with Crippen molar-refractivity contribution in [2.75, 3.05) is 0 Å². The van der Waals surface area contributed by atoms with Crippen molar-refractivity contribution in [3.63, 3.8) is 0 Å². The molecule has 0 aliphatic rings. The highest BCUT2D eigenvalue weighted by atomic mass is 32.1. The maximum Gasteiger partial charge on any atom is 0.258 e. The minimum Gasteiger partial charge on any atom is -0.415 e. The second kappa shape index (κ2) is 8.39. The van der Waals surface area contributed by atoms with Crippen molar-refractivity contribution < 1.29 is 9.21 Å². The van der Waals surface area contributed by atoms with E-state index in [0.29, 0.717) is 24.1 Å². The molecule has 4 nitrogen and oxygen atoms in total. The zero-order chi connectivity index (χ0) is 20.4. The highest BCUT2D eigenvalue weighted by Gasteiger charge is 2.18. The summed E-state index contributed by atoms with van der Waals surface area (Å²) in [7, 11) is 0. The first-order valence-electron chi connectivity index (χ1n) is 9.77. The van der Waals surface area contributed by atoms with Gasteiger partial charge in [0.1, 0.15) is 5.78 Å². The van der Waals surface area contributed by atoms with Gasteiger partial charge < -0.3 is 9.21 Å². The van der Waals surface area contributed by atoms with Crippen molar-refractivity contribution in [1.29, 1.82) is 0 Å². The Morgan fingerprint density at radius 1 is 1.11 bits per heavy atom. The summed E-state index contributed by atoms with van der Waals surface area (Å²) in [5.41, 5.74) is 7.06. The van der Waals surface area contributed by atoms with Crippen LogP contribution >= 0.6 is 11.3 Å². The molecule has 0 fully saturated rings. The Morgan fingerprint density at radius 2 is 1.75 bits per heavy atom. The summed E-state index contributed by atoms with van der Waals surface area (Å²) in [6.45, 7) is 12.4. The molecule has 2 heterocycles. The first kappa shape index (κ1) is 20.5. The molecule has 0 radical (unpaired) electrons. The number of Topliss-reactive ketones (excluding diaryl/α,β-unsaturated/α-hetero) is 1. The molecule has 5 heteroatoms. The van der Waals surface area contributed by atoms with E-state index >= 15 is 0 Å². The maximum absolute atomic E-state index is 11.3. The lowest BCUT2D eigenvalue weighted by atomic mass is 9.95. The molecule has 0 atom stereocenters. The Hall–Kier alpha value is -2.27. The van der Waals surface area contributed by atoms with Gasteiger partial charge in [-0.25, -0.2) is 0 Å².